The van der Waals surface area contributed by atoms with Gasteiger partial charge in [-0.05, 0) is 49.9 Å². The second-order valence-corrected chi connectivity index (χ2v) is 9.87. The van der Waals surface area contributed by atoms with Gasteiger partial charge in [0.25, 0.3) is 0 Å². The fraction of sp³-hybridized carbons (Fsp3) is 0.435. The van der Waals surface area contributed by atoms with Gasteiger partial charge in [-0.1, -0.05) is 51.1 Å². The summed E-state index contributed by atoms with van der Waals surface area (Å²) in [6.45, 7) is 10.7. The number of hydrogen-bond donors (Lipinski definition) is 1. The Morgan fingerprint density at radius 3 is 2.53 bits per heavy atom. The fourth-order valence-electron chi connectivity index (χ4n) is 3.19. The first-order chi connectivity index (χ1) is 14.4. The van der Waals surface area contributed by atoms with Gasteiger partial charge in [0.2, 0.25) is 5.91 Å². The summed E-state index contributed by atoms with van der Waals surface area (Å²) in [6, 6.07) is 10.4. The Morgan fingerprint density at radius 2 is 1.90 bits per heavy atom. The highest BCUT2D eigenvalue weighted by molar-refractivity contribution is 7.99. The third kappa shape index (κ3) is 5.52. The minimum Gasteiger partial charge on any atom is -0.325 e. The van der Waals surface area contributed by atoms with E-state index in [1.165, 1.54) is 22.2 Å². The maximum atomic E-state index is 12.5. The molecule has 0 saturated heterocycles. The SMILES string of the molecule is CCCc1cc(-c2nnc(SCC(=O)Nc3ccc(C(C)C)cc3)n2C(C)C)cs1. The van der Waals surface area contributed by atoms with Crippen LogP contribution in [0.2, 0.25) is 0 Å². The third-order valence-corrected chi connectivity index (χ3v) is 6.72. The molecule has 0 spiro atoms. The number of anilines is 1. The van der Waals surface area contributed by atoms with Gasteiger partial charge >= 0.3 is 0 Å². The Labute approximate surface area is 187 Å². The molecule has 3 aromatic rings. The summed E-state index contributed by atoms with van der Waals surface area (Å²) in [5.74, 6) is 1.60. The lowest BCUT2D eigenvalue weighted by Crippen LogP contribution is -2.15. The van der Waals surface area contributed by atoms with Crippen LogP contribution in [0.1, 0.15) is 63.4 Å². The maximum Gasteiger partial charge on any atom is 0.234 e. The van der Waals surface area contributed by atoms with Crippen molar-refractivity contribution in [2.45, 2.75) is 64.6 Å². The first-order valence-corrected chi connectivity index (χ1v) is 12.3. The maximum absolute atomic E-state index is 12.5. The Balaban J connectivity index is 1.67. The van der Waals surface area contributed by atoms with E-state index in [-0.39, 0.29) is 11.9 Å². The Kier molecular flexibility index (Phi) is 7.72. The highest BCUT2D eigenvalue weighted by Crippen LogP contribution is 2.31. The van der Waals surface area contributed by atoms with Crippen LogP contribution in [0.15, 0.2) is 40.9 Å². The molecular formula is C23H30N4OS2. The Bertz CT molecular complexity index is 974. The zero-order valence-electron chi connectivity index (χ0n) is 18.3. The van der Waals surface area contributed by atoms with E-state index in [1.54, 1.807) is 11.3 Å². The summed E-state index contributed by atoms with van der Waals surface area (Å²) in [4.78, 5) is 13.8. The van der Waals surface area contributed by atoms with Gasteiger partial charge in [-0.25, -0.2) is 0 Å². The molecule has 5 nitrogen and oxygen atoms in total. The van der Waals surface area contributed by atoms with E-state index < -0.39 is 0 Å². The summed E-state index contributed by atoms with van der Waals surface area (Å²) in [7, 11) is 0. The number of thiophene rings is 1. The van der Waals surface area contributed by atoms with Crippen LogP contribution in [0.4, 0.5) is 5.69 Å². The second-order valence-electron chi connectivity index (χ2n) is 7.94. The molecule has 0 fully saturated rings. The van der Waals surface area contributed by atoms with E-state index in [0.717, 1.165) is 35.1 Å². The number of nitrogens with one attached hydrogen (secondary N) is 1. The molecule has 0 saturated carbocycles. The zero-order valence-corrected chi connectivity index (χ0v) is 19.9. The normalized spacial score (nSPS) is 11.4. The molecule has 0 aliphatic carbocycles. The fourth-order valence-corrected chi connectivity index (χ4v) is 5.03. The molecule has 3 rings (SSSR count). The number of hydrogen-bond acceptors (Lipinski definition) is 5. The Morgan fingerprint density at radius 1 is 1.17 bits per heavy atom. The van der Waals surface area contributed by atoms with Gasteiger partial charge in [0, 0.05) is 27.5 Å². The lowest BCUT2D eigenvalue weighted by molar-refractivity contribution is -0.113. The minimum absolute atomic E-state index is 0.0436. The number of carbonyl (C=O) groups excluding carboxylic acids is 1. The van der Waals surface area contributed by atoms with Gasteiger partial charge in [0.1, 0.15) is 0 Å². The number of amides is 1. The third-order valence-electron chi connectivity index (χ3n) is 4.78. The number of rotatable bonds is 9. The molecule has 0 bridgehead atoms. The van der Waals surface area contributed by atoms with Crippen LogP contribution in [-0.2, 0) is 11.2 Å². The molecular weight excluding hydrogens is 412 g/mol. The molecule has 0 atom stereocenters. The second kappa shape index (κ2) is 10.3. The monoisotopic (exact) mass is 442 g/mol. The van der Waals surface area contributed by atoms with Crippen molar-refractivity contribution in [3.63, 3.8) is 0 Å². The number of aryl methyl sites for hydroxylation is 1. The standard InChI is InChI=1S/C23H30N4OS2/c1-6-7-20-12-18(13-29-20)22-25-26-23(27(22)16(4)5)30-14-21(28)24-19-10-8-17(9-11-19)15(2)3/h8-13,15-16H,6-7,14H2,1-5H3,(H,24,28). The van der Waals surface area contributed by atoms with Crippen molar-refractivity contribution in [2.24, 2.45) is 0 Å². The first-order valence-electron chi connectivity index (χ1n) is 10.4. The molecule has 7 heteroatoms. The first kappa shape index (κ1) is 22.6. The average Bonchev–Trinajstić information content (AvgIpc) is 3.33. The van der Waals surface area contributed by atoms with Crippen molar-refractivity contribution >= 4 is 34.7 Å². The Hall–Kier alpha value is -2.12. The lowest BCUT2D eigenvalue weighted by atomic mass is 10.0. The largest absolute Gasteiger partial charge is 0.325 e. The molecule has 0 unspecified atom stereocenters. The van der Waals surface area contributed by atoms with Gasteiger partial charge in [0.15, 0.2) is 11.0 Å². The molecule has 2 heterocycles. The molecule has 1 N–H and O–H groups in total. The predicted molar refractivity (Wildman–Crippen MR) is 128 cm³/mol. The quantitative estimate of drug-likeness (QED) is 0.390. The van der Waals surface area contributed by atoms with Crippen molar-refractivity contribution in [2.75, 3.05) is 11.1 Å². The number of nitrogens with zero attached hydrogens (tertiary/aromatic N) is 3. The summed E-state index contributed by atoms with van der Waals surface area (Å²) in [5, 5.41) is 14.7. The van der Waals surface area contributed by atoms with Crippen LogP contribution < -0.4 is 5.32 Å². The lowest BCUT2D eigenvalue weighted by Gasteiger charge is -2.13. The predicted octanol–water partition coefficient (Wildman–Crippen LogP) is 6.39. The molecule has 0 aliphatic rings. The van der Waals surface area contributed by atoms with Crippen LogP contribution in [0, 0.1) is 0 Å². The van der Waals surface area contributed by atoms with Crippen molar-refractivity contribution in [3.8, 4) is 11.4 Å². The smallest absolute Gasteiger partial charge is 0.234 e. The zero-order chi connectivity index (χ0) is 21.7. The van der Waals surface area contributed by atoms with Gasteiger partial charge < -0.3 is 5.32 Å². The highest BCUT2D eigenvalue weighted by Gasteiger charge is 2.19. The van der Waals surface area contributed by atoms with Crippen molar-refractivity contribution < 1.29 is 4.79 Å². The van der Waals surface area contributed by atoms with Crippen molar-refractivity contribution in [1.82, 2.24) is 14.8 Å². The van der Waals surface area contributed by atoms with E-state index in [4.69, 9.17) is 0 Å². The number of thioether (sulfide) groups is 1. The number of aromatic nitrogens is 3. The molecule has 0 radical (unpaired) electrons. The van der Waals surface area contributed by atoms with E-state index in [2.05, 4.69) is 78.3 Å². The van der Waals surface area contributed by atoms with Crippen LogP contribution in [0.5, 0.6) is 0 Å². The van der Waals surface area contributed by atoms with Gasteiger partial charge in [-0.15, -0.1) is 21.5 Å². The summed E-state index contributed by atoms with van der Waals surface area (Å²) >= 11 is 3.19. The molecule has 160 valence electrons. The van der Waals surface area contributed by atoms with E-state index in [0.29, 0.717) is 11.7 Å². The van der Waals surface area contributed by atoms with Gasteiger partial charge in [-0.3, -0.25) is 9.36 Å². The molecule has 30 heavy (non-hydrogen) atoms. The average molecular weight is 443 g/mol. The molecule has 1 aromatic carbocycles. The number of benzene rings is 1. The number of carbonyl (C=O) groups is 1. The van der Waals surface area contributed by atoms with Crippen molar-refractivity contribution in [3.05, 3.63) is 46.2 Å². The molecule has 1 amide bonds. The highest BCUT2D eigenvalue weighted by atomic mass is 32.2. The molecule has 0 aliphatic heterocycles. The van der Waals surface area contributed by atoms with Crippen LogP contribution >= 0.6 is 23.1 Å². The van der Waals surface area contributed by atoms with Gasteiger partial charge in [-0.2, -0.15) is 0 Å². The van der Waals surface area contributed by atoms with Gasteiger partial charge in [0.05, 0.1) is 5.75 Å². The minimum atomic E-state index is -0.0436. The van der Waals surface area contributed by atoms with E-state index >= 15 is 0 Å². The van der Waals surface area contributed by atoms with Crippen LogP contribution in [0.25, 0.3) is 11.4 Å². The molecule has 2 aromatic heterocycles. The van der Waals surface area contributed by atoms with Crippen molar-refractivity contribution in [1.29, 1.82) is 0 Å². The topological polar surface area (TPSA) is 59.8 Å². The van der Waals surface area contributed by atoms with E-state index in [9.17, 15) is 4.79 Å². The van der Waals surface area contributed by atoms with Crippen LogP contribution in [-0.4, -0.2) is 26.4 Å². The summed E-state index contributed by atoms with van der Waals surface area (Å²) in [5.41, 5.74) is 3.18. The summed E-state index contributed by atoms with van der Waals surface area (Å²) < 4.78 is 2.12. The van der Waals surface area contributed by atoms with E-state index in [1.807, 2.05) is 12.1 Å². The summed E-state index contributed by atoms with van der Waals surface area (Å²) in [6.07, 6.45) is 2.22. The van der Waals surface area contributed by atoms with Crippen LogP contribution in [0.3, 0.4) is 0 Å².